The molecule has 0 saturated carbocycles. The van der Waals surface area contributed by atoms with Crippen molar-refractivity contribution in [3.63, 3.8) is 0 Å². The van der Waals surface area contributed by atoms with Gasteiger partial charge in [-0.1, -0.05) is 12.1 Å². The lowest BCUT2D eigenvalue weighted by atomic mass is 10.1. The second-order valence-corrected chi connectivity index (χ2v) is 5.88. The molecule has 2 aromatic rings. The van der Waals surface area contributed by atoms with E-state index >= 15 is 0 Å². The zero-order valence-electron chi connectivity index (χ0n) is 13.2. The van der Waals surface area contributed by atoms with Gasteiger partial charge < -0.3 is 15.4 Å². The fraction of sp³-hybridized carbons (Fsp3) is 0.294. The summed E-state index contributed by atoms with van der Waals surface area (Å²) in [6.07, 6.45) is 0.677. The summed E-state index contributed by atoms with van der Waals surface area (Å²) < 4.78 is 5.50. The van der Waals surface area contributed by atoms with E-state index in [0.717, 1.165) is 5.56 Å². The first-order valence-corrected chi connectivity index (χ1v) is 8.33. The maximum Gasteiger partial charge on any atom is 0.261 e. The van der Waals surface area contributed by atoms with Crippen molar-refractivity contribution in [1.82, 2.24) is 5.32 Å². The van der Waals surface area contributed by atoms with Gasteiger partial charge in [-0.2, -0.15) is 0 Å². The van der Waals surface area contributed by atoms with Crippen LogP contribution in [0, 0.1) is 0 Å². The molecule has 0 aliphatic heterocycles. The Bertz CT molecular complexity index is 668. The van der Waals surface area contributed by atoms with Crippen LogP contribution in [0.2, 0.25) is 0 Å². The Morgan fingerprint density at radius 2 is 2.09 bits per heavy atom. The minimum atomic E-state index is -0.144. The minimum Gasteiger partial charge on any atom is -0.492 e. The third kappa shape index (κ3) is 5.10. The number of rotatable bonds is 7. The Balaban J connectivity index is 1.96. The van der Waals surface area contributed by atoms with Gasteiger partial charge in [-0.3, -0.25) is 9.59 Å². The topological polar surface area (TPSA) is 67.4 Å². The van der Waals surface area contributed by atoms with Gasteiger partial charge in [0.1, 0.15) is 5.75 Å². The number of anilines is 1. The Morgan fingerprint density at radius 1 is 1.26 bits per heavy atom. The van der Waals surface area contributed by atoms with Crippen LogP contribution in [0.15, 0.2) is 35.7 Å². The van der Waals surface area contributed by atoms with Gasteiger partial charge in [0.25, 0.3) is 5.91 Å². The highest BCUT2D eigenvalue weighted by atomic mass is 32.1. The number of hydrogen-bond donors (Lipinski definition) is 2. The molecule has 5 nitrogen and oxygen atoms in total. The first-order chi connectivity index (χ1) is 11.1. The molecule has 6 heteroatoms. The van der Waals surface area contributed by atoms with Crippen LogP contribution in [-0.4, -0.2) is 25.0 Å². The number of hydrogen-bond acceptors (Lipinski definition) is 4. The average molecular weight is 332 g/mol. The predicted molar refractivity (Wildman–Crippen MR) is 92.3 cm³/mol. The minimum absolute atomic E-state index is 0.0620. The first kappa shape index (κ1) is 17.0. The zero-order chi connectivity index (χ0) is 16.7. The lowest BCUT2D eigenvalue weighted by molar-refractivity contribution is -0.114. The fourth-order valence-corrected chi connectivity index (χ4v) is 2.76. The van der Waals surface area contributed by atoms with E-state index in [1.807, 2.05) is 36.6 Å². The van der Waals surface area contributed by atoms with Crippen LogP contribution in [0.1, 0.15) is 29.1 Å². The Hall–Kier alpha value is -2.34. The monoisotopic (exact) mass is 332 g/mol. The first-order valence-electron chi connectivity index (χ1n) is 7.45. The van der Waals surface area contributed by atoms with Crippen molar-refractivity contribution in [1.29, 1.82) is 0 Å². The second-order valence-electron chi connectivity index (χ2n) is 4.93. The van der Waals surface area contributed by atoms with Crippen LogP contribution in [0.3, 0.4) is 0 Å². The number of carbonyl (C=O) groups is 2. The summed E-state index contributed by atoms with van der Waals surface area (Å²) in [5, 5.41) is 7.53. The van der Waals surface area contributed by atoms with Crippen LogP contribution >= 0.6 is 11.3 Å². The number of thiophene rings is 1. The molecule has 122 valence electrons. The third-order valence-electron chi connectivity index (χ3n) is 3.10. The van der Waals surface area contributed by atoms with Crippen LogP contribution in [0.5, 0.6) is 5.75 Å². The van der Waals surface area contributed by atoms with E-state index in [0.29, 0.717) is 35.9 Å². The largest absolute Gasteiger partial charge is 0.492 e. The maximum absolute atomic E-state index is 11.9. The summed E-state index contributed by atoms with van der Waals surface area (Å²) in [6, 6.07) is 9.31. The van der Waals surface area contributed by atoms with Crippen LogP contribution in [-0.2, 0) is 11.2 Å². The molecule has 0 spiro atoms. The Morgan fingerprint density at radius 3 is 2.74 bits per heavy atom. The Labute approximate surface area is 139 Å². The smallest absolute Gasteiger partial charge is 0.261 e. The van der Waals surface area contributed by atoms with Gasteiger partial charge in [0.2, 0.25) is 5.91 Å². The highest BCUT2D eigenvalue weighted by Crippen LogP contribution is 2.26. The van der Waals surface area contributed by atoms with Gasteiger partial charge in [-0.05, 0) is 42.5 Å². The maximum atomic E-state index is 11.9. The lowest BCUT2D eigenvalue weighted by Gasteiger charge is -2.12. The van der Waals surface area contributed by atoms with Crippen molar-refractivity contribution >= 4 is 28.8 Å². The molecule has 1 aromatic heterocycles. The average Bonchev–Trinajstić information content (AvgIpc) is 3.03. The van der Waals surface area contributed by atoms with E-state index in [1.165, 1.54) is 18.3 Å². The van der Waals surface area contributed by atoms with Crippen LogP contribution in [0.4, 0.5) is 5.69 Å². The molecular weight excluding hydrogens is 312 g/mol. The van der Waals surface area contributed by atoms with Gasteiger partial charge in [0.15, 0.2) is 0 Å². The zero-order valence-corrected chi connectivity index (χ0v) is 14.0. The molecule has 2 rings (SSSR count). The second kappa shape index (κ2) is 8.33. The normalized spacial score (nSPS) is 10.2. The lowest BCUT2D eigenvalue weighted by Crippen LogP contribution is -2.24. The molecule has 0 atom stereocenters. The van der Waals surface area contributed by atoms with E-state index < -0.39 is 0 Å². The summed E-state index contributed by atoms with van der Waals surface area (Å²) in [5.74, 6) is 0.441. The molecule has 0 aliphatic carbocycles. The van der Waals surface area contributed by atoms with Gasteiger partial charge in [0.05, 0.1) is 17.2 Å². The van der Waals surface area contributed by atoms with Crippen molar-refractivity contribution in [2.24, 2.45) is 0 Å². The quantitative estimate of drug-likeness (QED) is 0.819. The van der Waals surface area contributed by atoms with Gasteiger partial charge in [-0.25, -0.2) is 0 Å². The van der Waals surface area contributed by atoms with Gasteiger partial charge in [0, 0.05) is 13.5 Å². The van der Waals surface area contributed by atoms with E-state index in [9.17, 15) is 9.59 Å². The van der Waals surface area contributed by atoms with E-state index in [4.69, 9.17) is 4.74 Å². The number of amides is 2. The van der Waals surface area contributed by atoms with Gasteiger partial charge in [-0.15, -0.1) is 11.3 Å². The molecule has 1 aromatic carbocycles. The molecule has 0 radical (unpaired) electrons. The van der Waals surface area contributed by atoms with Gasteiger partial charge >= 0.3 is 0 Å². The molecule has 23 heavy (non-hydrogen) atoms. The standard InChI is InChI=1S/C17H20N2O3S/c1-3-22-15-7-6-13(11-14(15)19-12(2)20)8-9-18-17(21)16-5-4-10-23-16/h4-7,10-11H,3,8-9H2,1-2H3,(H,18,21)(H,19,20). The van der Waals surface area contributed by atoms with Crippen molar-refractivity contribution in [2.75, 3.05) is 18.5 Å². The van der Waals surface area contributed by atoms with Crippen LogP contribution in [0.25, 0.3) is 0 Å². The molecular formula is C17H20N2O3S. The predicted octanol–water partition coefficient (Wildman–Crippen LogP) is 3.08. The number of benzene rings is 1. The summed E-state index contributed by atoms with van der Waals surface area (Å²) >= 11 is 1.42. The molecule has 0 aliphatic rings. The highest BCUT2D eigenvalue weighted by molar-refractivity contribution is 7.12. The van der Waals surface area contributed by atoms with Crippen molar-refractivity contribution in [3.05, 3.63) is 46.2 Å². The fourth-order valence-electron chi connectivity index (χ4n) is 2.12. The van der Waals surface area contributed by atoms with E-state index in [1.54, 1.807) is 6.07 Å². The number of nitrogens with one attached hydrogen (secondary N) is 2. The SMILES string of the molecule is CCOc1ccc(CCNC(=O)c2cccs2)cc1NC(C)=O. The van der Waals surface area contributed by atoms with Crippen molar-refractivity contribution < 1.29 is 14.3 Å². The molecule has 0 fully saturated rings. The highest BCUT2D eigenvalue weighted by Gasteiger charge is 2.08. The molecule has 0 bridgehead atoms. The molecule has 2 N–H and O–H groups in total. The van der Waals surface area contributed by atoms with E-state index in [2.05, 4.69) is 10.6 Å². The number of ether oxygens (including phenoxy) is 1. The molecule has 0 saturated heterocycles. The summed E-state index contributed by atoms with van der Waals surface area (Å²) in [4.78, 5) is 23.9. The molecule has 1 heterocycles. The van der Waals surface area contributed by atoms with E-state index in [-0.39, 0.29) is 11.8 Å². The number of carbonyl (C=O) groups excluding carboxylic acids is 2. The molecule has 0 unspecified atom stereocenters. The third-order valence-corrected chi connectivity index (χ3v) is 3.97. The summed E-state index contributed by atoms with van der Waals surface area (Å²) in [7, 11) is 0. The Kier molecular flexibility index (Phi) is 6.17. The van der Waals surface area contributed by atoms with Crippen molar-refractivity contribution in [3.8, 4) is 5.75 Å². The van der Waals surface area contributed by atoms with Crippen LogP contribution < -0.4 is 15.4 Å². The summed E-state index contributed by atoms with van der Waals surface area (Å²) in [6.45, 7) is 4.42. The summed E-state index contributed by atoms with van der Waals surface area (Å²) in [5.41, 5.74) is 1.67. The van der Waals surface area contributed by atoms with Crippen molar-refractivity contribution in [2.45, 2.75) is 20.3 Å². The molecule has 2 amide bonds.